The molecule has 0 amide bonds. The average molecular weight is 255 g/mol. The van der Waals surface area contributed by atoms with Crippen molar-refractivity contribution in [2.75, 3.05) is 7.11 Å². The zero-order valence-electron chi connectivity index (χ0n) is 11.6. The van der Waals surface area contributed by atoms with Gasteiger partial charge in [-0.05, 0) is 61.1 Å². The predicted octanol–water partition coefficient (Wildman–Crippen LogP) is 3.52. The molecule has 1 saturated carbocycles. The smallest absolute Gasteiger partial charge is 0.119 e. The van der Waals surface area contributed by atoms with Gasteiger partial charge in [0.1, 0.15) is 5.75 Å². The van der Waals surface area contributed by atoms with E-state index >= 15 is 0 Å². The normalized spacial score (nSPS) is 35.4. The summed E-state index contributed by atoms with van der Waals surface area (Å²) in [6.45, 7) is 0. The van der Waals surface area contributed by atoms with Gasteiger partial charge in [-0.3, -0.25) is 4.99 Å². The fourth-order valence-electron chi connectivity index (χ4n) is 4.72. The minimum Gasteiger partial charge on any atom is -0.497 e. The summed E-state index contributed by atoms with van der Waals surface area (Å²) in [7, 11) is 1.77. The number of ether oxygens (including phenoxy) is 1. The molecule has 0 spiro atoms. The third-order valence-electron chi connectivity index (χ3n) is 5.60. The number of benzene rings is 1. The molecule has 1 fully saturated rings. The van der Waals surface area contributed by atoms with E-state index in [-0.39, 0.29) is 0 Å². The van der Waals surface area contributed by atoms with Crippen LogP contribution < -0.4 is 4.74 Å². The van der Waals surface area contributed by atoms with Gasteiger partial charge in [-0.1, -0.05) is 18.9 Å². The summed E-state index contributed by atoms with van der Waals surface area (Å²) in [4.78, 5) is 4.81. The van der Waals surface area contributed by atoms with Gasteiger partial charge >= 0.3 is 0 Å². The van der Waals surface area contributed by atoms with Crippen molar-refractivity contribution in [1.82, 2.24) is 0 Å². The molecule has 2 bridgehead atoms. The van der Waals surface area contributed by atoms with Crippen molar-refractivity contribution < 1.29 is 4.74 Å². The van der Waals surface area contributed by atoms with E-state index in [0.29, 0.717) is 11.5 Å². The minimum atomic E-state index is 0.368. The topological polar surface area (TPSA) is 21.6 Å². The maximum atomic E-state index is 5.46. The van der Waals surface area contributed by atoms with E-state index in [2.05, 4.69) is 24.4 Å². The van der Waals surface area contributed by atoms with Gasteiger partial charge < -0.3 is 4.74 Å². The first-order chi connectivity index (χ1) is 9.33. The summed E-state index contributed by atoms with van der Waals surface area (Å²) in [5, 5.41) is 0. The molecular weight excluding hydrogens is 234 g/mol. The average Bonchev–Trinajstić information content (AvgIpc) is 2.47. The van der Waals surface area contributed by atoms with Crippen LogP contribution in [-0.2, 0) is 11.8 Å². The van der Waals surface area contributed by atoms with Crippen LogP contribution in [0.25, 0.3) is 0 Å². The van der Waals surface area contributed by atoms with E-state index in [0.717, 1.165) is 24.5 Å². The van der Waals surface area contributed by atoms with Crippen LogP contribution in [0.2, 0.25) is 0 Å². The number of aliphatic imine (C=N–C) groups is 1. The molecule has 19 heavy (non-hydrogen) atoms. The van der Waals surface area contributed by atoms with Crippen molar-refractivity contribution in [3.63, 3.8) is 0 Å². The van der Waals surface area contributed by atoms with E-state index in [9.17, 15) is 0 Å². The second kappa shape index (κ2) is 4.09. The van der Waals surface area contributed by atoms with Gasteiger partial charge in [0.05, 0.1) is 13.2 Å². The summed E-state index contributed by atoms with van der Waals surface area (Å²) in [6.07, 6.45) is 9.91. The number of hydrogen-bond acceptors (Lipinski definition) is 2. The maximum Gasteiger partial charge on any atom is 0.119 e. The van der Waals surface area contributed by atoms with Gasteiger partial charge in [0.15, 0.2) is 0 Å². The number of rotatable bonds is 1. The van der Waals surface area contributed by atoms with Crippen molar-refractivity contribution in [2.45, 2.75) is 50.0 Å². The highest BCUT2D eigenvalue weighted by atomic mass is 16.5. The van der Waals surface area contributed by atoms with Gasteiger partial charge in [-0.25, -0.2) is 0 Å². The van der Waals surface area contributed by atoms with Gasteiger partial charge in [-0.15, -0.1) is 0 Å². The predicted molar refractivity (Wildman–Crippen MR) is 77.2 cm³/mol. The Morgan fingerprint density at radius 2 is 2.26 bits per heavy atom. The van der Waals surface area contributed by atoms with E-state index in [1.807, 2.05) is 0 Å². The molecule has 3 aliphatic rings. The molecule has 4 rings (SSSR count). The number of fused-ring (bicyclic) bond motifs is 1. The molecule has 0 aromatic heterocycles. The van der Waals surface area contributed by atoms with Crippen LogP contribution in [-0.4, -0.2) is 19.4 Å². The van der Waals surface area contributed by atoms with Crippen molar-refractivity contribution in [2.24, 2.45) is 10.9 Å². The second-order valence-electron chi connectivity index (χ2n) is 6.34. The van der Waals surface area contributed by atoms with Crippen LogP contribution in [0.5, 0.6) is 5.75 Å². The molecule has 2 nitrogen and oxygen atoms in total. The van der Waals surface area contributed by atoms with E-state index in [1.165, 1.54) is 31.2 Å². The zero-order valence-corrected chi connectivity index (χ0v) is 11.6. The third kappa shape index (κ3) is 1.52. The maximum absolute atomic E-state index is 5.46. The molecule has 1 aromatic carbocycles. The molecule has 100 valence electrons. The molecule has 1 aromatic rings. The number of hydrogen-bond donors (Lipinski definition) is 0. The standard InChI is InChI=1S/C17H21NO/c1-19-13-6-5-12-10-16-14-4-2-3-7-17(14,8-9-18-16)15(12)11-13/h5-6,9,11,14,16H,2-4,7-8,10H2,1H3/t14-,16+,17+/m1/s1. The molecule has 3 atom stereocenters. The van der Waals surface area contributed by atoms with Gasteiger partial charge in [0.2, 0.25) is 0 Å². The minimum absolute atomic E-state index is 0.368. The monoisotopic (exact) mass is 255 g/mol. The van der Waals surface area contributed by atoms with E-state index in [4.69, 9.17) is 9.73 Å². The Kier molecular flexibility index (Phi) is 2.48. The molecule has 0 saturated heterocycles. The van der Waals surface area contributed by atoms with Crippen LogP contribution in [0.15, 0.2) is 23.2 Å². The van der Waals surface area contributed by atoms with Gasteiger partial charge in [0.25, 0.3) is 0 Å². The summed E-state index contributed by atoms with van der Waals surface area (Å²) in [5.74, 6) is 1.78. The largest absolute Gasteiger partial charge is 0.497 e. The molecule has 0 N–H and O–H groups in total. The van der Waals surface area contributed by atoms with Crippen molar-refractivity contribution >= 4 is 6.21 Å². The van der Waals surface area contributed by atoms with Crippen molar-refractivity contribution in [3.05, 3.63) is 29.3 Å². The Morgan fingerprint density at radius 1 is 1.32 bits per heavy atom. The van der Waals surface area contributed by atoms with Crippen LogP contribution in [0.4, 0.5) is 0 Å². The molecule has 1 heterocycles. The molecule has 0 radical (unpaired) electrons. The lowest BCUT2D eigenvalue weighted by molar-refractivity contribution is 0.137. The van der Waals surface area contributed by atoms with Crippen molar-refractivity contribution in [3.8, 4) is 5.75 Å². The van der Waals surface area contributed by atoms with E-state index < -0.39 is 0 Å². The second-order valence-corrected chi connectivity index (χ2v) is 6.34. The Morgan fingerprint density at radius 3 is 3.16 bits per heavy atom. The molecular formula is C17H21NO. The number of methoxy groups -OCH3 is 1. The lowest BCUT2D eigenvalue weighted by Gasteiger charge is -2.53. The van der Waals surface area contributed by atoms with E-state index in [1.54, 1.807) is 12.7 Å². The van der Waals surface area contributed by atoms with Crippen LogP contribution in [0.3, 0.4) is 0 Å². The van der Waals surface area contributed by atoms with Gasteiger partial charge in [0, 0.05) is 5.41 Å². The summed E-state index contributed by atoms with van der Waals surface area (Å²) in [5.41, 5.74) is 3.45. The van der Waals surface area contributed by atoms with Crippen LogP contribution in [0.1, 0.15) is 43.2 Å². The SMILES string of the molecule is COc1ccc2c(c1)[C@@]13CC=N[C@@H](C2)[C@H]1CCCC3. The Hall–Kier alpha value is -1.31. The molecule has 1 aliphatic heterocycles. The Labute approximate surface area is 114 Å². The molecule has 2 aliphatic carbocycles. The first kappa shape index (κ1) is 11.5. The number of nitrogens with zero attached hydrogens (tertiary/aromatic N) is 1. The molecule has 0 unspecified atom stereocenters. The zero-order chi connectivity index (χ0) is 12.9. The summed E-state index contributed by atoms with van der Waals surface area (Å²) >= 11 is 0. The Balaban J connectivity index is 1.90. The highest BCUT2D eigenvalue weighted by Gasteiger charge is 2.50. The highest BCUT2D eigenvalue weighted by molar-refractivity contribution is 5.65. The van der Waals surface area contributed by atoms with Crippen LogP contribution >= 0.6 is 0 Å². The highest BCUT2D eigenvalue weighted by Crippen LogP contribution is 2.54. The van der Waals surface area contributed by atoms with Crippen LogP contribution in [0, 0.1) is 5.92 Å². The quantitative estimate of drug-likeness (QED) is 0.752. The fourth-order valence-corrected chi connectivity index (χ4v) is 4.72. The van der Waals surface area contributed by atoms with Gasteiger partial charge in [-0.2, -0.15) is 0 Å². The summed E-state index contributed by atoms with van der Waals surface area (Å²) in [6, 6.07) is 7.23. The summed E-state index contributed by atoms with van der Waals surface area (Å²) < 4.78 is 5.46. The first-order valence-electron chi connectivity index (χ1n) is 7.52. The molecule has 2 heteroatoms. The Bertz CT molecular complexity index is 536. The van der Waals surface area contributed by atoms with Crippen molar-refractivity contribution in [1.29, 1.82) is 0 Å². The first-order valence-corrected chi connectivity index (χ1v) is 7.52. The lowest BCUT2D eigenvalue weighted by Crippen LogP contribution is -2.50. The third-order valence-corrected chi connectivity index (χ3v) is 5.60. The lowest BCUT2D eigenvalue weighted by atomic mass is 9.53. The fraction of sp³-hybridized carbons (Fsp3) is 0.588.